The van der Waals surface area contributed by atoms with E-state index in [2.05, 4.69) is 17.6 Å². The zero-order valence-electron chi connectivity index (χ0n) is 11.8. The van der Waals surface area contributed by atoms with Crippen molar-refractivity contribution in [2.45, 2.75) is 38.6 Å². The van der Waals surface area contributed by atoms with E-state index in [1.165, 1.54) is 12.1 Å². The standard InChI is InChI=1S/C15H18ClFN2O2/c1-9-4-2-3-5-13(9)19-15(21)14(20)18-10-6-7-12(17)11(16)8-10/h6-9,13H,2-5H2,1H3,(H,18,20)(H,19,21)/t9-,13+/m0/s1. The Morgan fingerprint density at radius 1 is 1.24 bits per heavy atom. The van der Waals surface area contributed by atoms with Gasteiger partial charge >= 0.3 is 11.8 Å². The van der Waals surface area contributed by atoms with Gasteiger partial charge in [-0.2, -0.15) is 0 Å². The Morgan fingerprint density at radius 3 is 2.62 bits per heavy atom. The van der Waals surface area contributed by atoms with Gasteiger partial charge in [0, 0.05) is 11.7 Å². The molecule has 1 aliphatic carbocycles. The number of halogens is 2. The third-order valence-electron chi connectivity index (χ3n) is 3.81. The smallest absolute Gasteiger partial charge is 0.313 e. The van der Waals surface area contributed by atoms with Crippen molar-refractivity contribution in [3.05, 3.63) is 29.0 Å². The largest absolute Gasteiger partial charge is 0.345 e. The first-order chi connectivity index (χ1) is 9.97. The molecular weight excluding hydrogens is 295 g/mol. The Balaban J connectivity index is 1.93. The number of carbonyl (C=O) groups is 2. The number of anilines is 1. The predicted octanol–water partition coefficient (Wildman–Crippen LogP) is 3.11. The van der Waals surface area contributed by atoms with E-state index >= 15 is 0 Å². The SMILES string of the molecule is C[C@H]1CCCC[C@H]1NC(=O)C(=O)Nc1ccc(F)c(Cl)c1. The van der Waals surface area contributed by atoms with E-state index < -0.39 is 17.6 Å². The van der Waals surface area contributed by atoms with Gasteiger partial charge in [0.15, 0.2) is 0 Å². The van der Waals surface area contributed by atoms with Gasteiger partial charge in [0.1, 0.15) is 5.82 Å². The Hall–Kier alpha value is -1.62. The number of nitrogens with one attached hydrogen (secondary N) is 2. The van der Waals surface area contributed by atoms with E-state index in [-0.39, 0.29) is 11.1 Å². The minimum Gasteiger partial charge on any atom is -0.345 e. The highest BCUT2D eigenvalue weighted by atomic mass is 35.5. The molecule has 1 saturated carbocycles. The van der Waals surface area contributed by atoms with Gasteiger partial charge in [-0.3, -0.25) is 9.59 Å². The monoisotopic (exact) mass is 312 g/mol. The molecule has 1 aromatic rings. The number of hydrogen-bond acceptors (Lipinski definition) is 2. The first-order valence-electron chi connectivity index (χ1n) is 7.04. The second kappa shape index (κ2) is 6.89. The molecule has 1 aromatic carbocycles. The van der Waals surface area contributed by atoms with Crippen LogP contribution in [-0.2, 0) is 9.59 Å². The number of rotatable bonds is 2. The quantitative estimate of drug-likeness (QED) is 0.824. The lowest BCUT2D eigenvalue weighted by molar-refractivity contribution is -0.137. The lowest BCUT2D eigenvalue weighted by atomic mass is 9.86. The van der Waals surface area contributed by atoms with Crippen molar-refractivity contribution in [1.82, 2.24) is 5.32 Å². The zero-order valence-corrected chi connectivity index (χ0v) is 12.5. The third-order valence-corrected chi connectivity index (χ3v) is 4.10. The Labute approximate surface area is 128 Å². The van der Waals surface area contributed by atoms with Gasteiger partial charge in [-0.25, -0.2) is 4.39 Å². The Bertz CT molecular complexity index is 550. The molecule has 21 heavy (non-hydrogen) atoms. The van der Waals surface area contributed by atoms with E-state index in [1.807, 2.05) is 0 Å². The summed E-state index contributed by atoms with van der Waals surface area (Å²) in [6, 6.07) is 3.80. The first-order valence-corrected chi connectivity index (χ1v) is 7.42. The van der Waals surface area contributed by atoms with Crippen LogP contribution in [0.1, 0.15) is 32.6 Å². The summed E-state index contributed by atoms with van der Waals surface area (Å²) in [6.45, 7) is 2.07. The maximum absolute atomic E-state index is 13.0. The molecular formula is C15H18ClFN2O2. The van der Waals surface area contributed by atoms with Crippen LogP contribution in [0, 0.1) is 11.7 Å². The molecule has 6 heteroatoms. The van der Waals surface area contributed by atoms with Crippen LogP contribution in [-0.4, -0.2) is 17.9 Å². The molecule has 2 N–H and O–H groups in total. The van der Waals surface area contributed by atoms with Crippen LogP contribution < -0.4 is 10.6 Å². The zero-order chi connectivity index (χ0) is 15.4. The van der Waals surface area contributed by atoms with E-state index in [1.54, 1.807) is 0 Å². The van der Waals surface area contributed by atoms with Crippen LogP contribution in [0.5, 0.6) is 0 Å². The highest BCUT2D eigenvalue weighted by Crippen LogP contribution is 2.23. The number of hydrogen-bond donors (Lipinski definition) is 2. The fraction of sp³-hybridized carbons (Fsp3) is 0.467. The van der Waals surface area contributed by atoms with Gasteiger partial charge in [0.25, 0.3) is 0 Å². The molecule has 0 unspecified atom stereocenters. The Kier molecular flexibility index (Phi) is 5.17. The summed E-state index contributed by atoms with van der Waals surface area (Å²) < 4.78 is 13.0. The second-order valence-electron chi connectivity index (χ2n) is 5.42. The molecule has 0 aromatic heterocycles. The first kappa shape index (κ1) is 15.8. The van der Waals surface area contributed by atoms with Crippen LogP contribution >= 0.6 is 11.6 Å². The average molecular weight is 313 g/mol. The topological polar surface area (TPSA) is 58.2 Å². The molecule has 114 valence electrons. The van der Waals surface area contributed by atoms with E-state index in [9.17, 15) is 14.0 Å². The van der Waals surface area contributed by atoms with Crippen molar-refractivity contribution in [3.63, 3.8) is 0 Å². The fourth-order valence-electron chi connectivity index (χ4n) is 2.53. The second-order valence-corrected chi connectivity index (χ2v) is 5.83. The fourth-order valence-corrected chi connectivity index (χ4v) is 2.71. The lowest BCUT2D eigenvalue weighted by Gasteiger charge is -2.29. The molecule has 0 bridgehead atoms. The van der Waals surface area contributed by atoms with Crippen molar-refractivity contribution in [3.8, 4) is 0 Å². The van der Waals surface area contributed by atoms with Crippen molar-refractivity contribution >= 4 is 29.1 Å². The summed E-state index contributed by atoms with van der Waals surface area (Å²) in [6.07, 6.45) is 4.17. The summed E-state index contributed by atoms with van der Waals surface area (Å²) in [5, 5.41) is 5.07. The van der Waals surface area contributed by atoms with Gasteiger partial charge in [0.2, 0.25) is 0 Å². The average Bonchev–Trinajstić information content (AvgIpc) is 2.45. The number of amides is 2. The van der Waals surface area contributed by atoms with Gasteiger partial charge in [-0.1, -0.05) is 31.4 Å². The maximum atomic E-state index is 13.0. The van der Waals surface area contributed by atoms with Crippen LogP contribution in [0.2, 0.25) is 5.02 Å². The number of carbonyl (C=O) groups excluding carboxylic acids is 2. The molecule has 1 fully saturated rings. The van der Waals surface area contributed by atoms with Crippen molar-refractivity contribution in [2.75, 3.05) is 5.32 Å². The molecule has 2 rings (SSSR count). The highest BCUT2D eigenvalue weighted by molar-refractivity contribution is 6.40. The van der Waals surface area contributed by atoms with Crippen LogP contribution in [0.25, 0.3) is 0 Å². The molecule has 0 aliphatic heterocycles. The van der Waals surface area contributed by atoms with Gasteiger partial charge in [-0.15, -0.1) is 0 Å². The third kappa shape index (κ3) is 4.17. The summed E-state index contributed by atoms with van der Waals surface area (Å²) in [4.78, 5) is 23.7. The van der Waals surface area contributed by atoms with E-state index in [0.717, 1.165) is 31.7 Å². The minimum atomic E-state index is -0.768. The van der Waals surface area contributed by atoms with Crippen molar-refractivity contribution in [1.29, 1.82) is 0 Å². The Morgan fingerprint density at radius 2 is 1.95 bits per heavy atom. The summed E-state index contributed by atoms with van der Waals surface area (Å²) in [7, 11) is 0. The normalized spacial score (nSPS) is 21.7. The summed E-state index contributed by atoms with van der Waals surface area (Å²) in [5.41, 5.74) is 0.290. The molecule has 0 saturated heterocycles. The van der Waals surface area contributed by atoms with Crippen LogP contribution in [0.15, 0.2) is 18.2 Å². The van der Waals surface area contributed by atoms with Gasteiger partial charge in [0.05, 0.1) is 5.02 Å². The molecule has 2 amide bonds. The maximum Gasteiger partial charge on any atom is 0.313 e. The van der Waals surface area contributed by atoms with Gasteiger partial charge < -0.3 is 10.6 Å². The highest BCUT2D eigenvalue weighted by Gasteiger charge is 2.25. The van der Waals surface area contributed by atoms with Crippen LogP contribution in [0.3, 0.4) is 0 Å². The van der Waals surface area contributed by atoms with Crippen LogP contribution in [0.4, 0.5) is 10.1 Å². The predicted molar refractivity (Wildman–Crippen MR) is 79.6 cm³/mol. The molecule has 4 nitrogen and oxygen atoms in total. The molecule has 2 atom stereocenters. The van der Waals surface area contributed by atoms with Gasteiger partial charge in [-0.05, 0) is 37.0 Å². The number of benzene rings is 1. The van der Waals surface area contributed by atoms with E-state index in [0.29, 0.717) is 11.6 Å². The van der Waals surface area contributed by atoms with Crippen molar-refractivity contribution < 1.29 is 14.0 Å². The van der Waals surface area contributed by atoms with E-state index in [4.69, 9.17) is 11.6 Å². The molecule has 0 radical (unpaired) electrons. The van der Waals surface area contributed by atoms with Crippen molar-refractivity contribution in [2.24, 2.45) is 5.92 Å². The molecule has 0 heterocycles. The molecule has 0 spiro atoms. The lowest BCUT2D eigenvalue weighted by Crippen LogP contribution is -2.45. The summed E-state index contributed by atoms with van der Waals surface area (Å²) in [5.74, 6) is -1.64. The molecule has 1 aliphatic rings. The minimum absolute atomic E-state index is 0.0359. The summed E-state index contributed by atoms with van der Waals surface area (Å²) >= 11 is 5.62.